The zero-order valence-corrected chi connectivity index (χ0v) is 16.6. The van der Waals surface area contributed by atoms with Crippen LogP contribution >= 0.6 is 0 Å². The van der Waals surface area contributed by atoms with E-state index >= 15 is 0 Å². The molecule has 6 nitrogen and oxygen atoms in total. The number of halogens is 2. The molecule has 0 aliphatic rings. The first-order valence-corrected chi connectivity index (χ1v) is 9.40. The second-order valence-electron chi connectivity index (χ2n) is 6.54. The summed E-state index contributed by atoms with van der Waals surface area (Å²) in [6, 6.07) is 18.8. The highest BCUT2D eigenvalue weighted by atomic mass is 19.1. The van der Waals surface area contributed by atoms with Crippen LogP contribution in [-0.4, -0.2) is 18.4 Å². The highest BCUT2D eigenvalue weighted by Crippen LogP contribution is 2.16. The topological polar surface area (TPSA) is 91.2 Å². The standard InChI is InChI=1S/C24H17F2N3O3/c25-18-3-7-20(8-4-18)28-23(30)15-32-22-11-1-16(2-12-22)13-17(14-27)24(31)29-21-9-5-19(26)6-10-21/h1-13H,15H2,(H,28,30)(H,29,31)/b17-13+. The number of hydrogen-bond donors (Lipinski definition) is 2. The van der Waals surface area contributed by atoms with Gasteiger partial charge in [0, 0.05) is 11.4 Å². The van der Waals surface area contributed by atoms with Crippen LogP contribution in [0.1, 0.15) is 5.56 Å². The summed E-state index contributed by atoms with van der Waals surface area (Å²) in [5.41, 5.74) is 1.24. The Balaban J connectivity index is 1.56. The number of nitrogens with one attached hydrogen (secondary N) is 2. The first-order valence-electron chi connectivity index (χ1n) is 9.40. The molecule has 0 atom stereocenters. The predicted octanol–water partition coefficient (Wildman–Crippen LogP) is 4.53. The number of ether oxygens (including phenoxy) is 1. The lowest BCUT2D eigenvalue weighted by Gasteiger charge is -2.08. The van der Waals surface area contributed by atoms with Gasteiger partial charge in [0.2, 0.25) is 0 Å². The minimum absolute atomic E-state index is 0.137. The van der Waals surface area contributed by atoms with Gasteiger partial charge in [0.05, 0.1) is 0 Å². The van der Waals surface area contributed by atoms with Gasteiger partial charge in [-0.05, 0) is 72.3 Å². The normalized spacial score (nSPS) is 10.7. The summed E-state index contributed by atoms with van der Waals surface area (Å²) in [6.07, 6.45) is 1.39. The first-order chi connectivity index (χ1) is 15.4. The summed E-state index contributed by atoms with van der Waals surface area (Å²) in [4.78, 5) is 24.2. The first kappa shape index (κ1) is 22.2. The van der Waals surface area contributed by atoms with Gasteiger partial charge in [-0.1, -0.05) is 12.1 Å². The summed E-state index contributed by atoms with van der Waals surface area (Å²) in [5, 5.41) is 14.4. The Labute approximate surface area is 182 Å². The summed E-state index contributed by atoms with van der Waals surface area (Å²) in [6.45, 7) is -0.254. The maximum atomic E-state index is 13.0. The van der Waals surface area contributed by atoms with E-state index in [0.717, 1.165) is 0 Å². The van der Waals surface area contributed by atoms with Gasteiger partial charge in [-0.3, -0.25) is 9.59 Å². The van der Waals surface area contributed by atoms with E-state index in [1.165, 1.54) is 54.6 Å². The molecule has 3 aromatic carbocycles. The van der Waals surface area contributed by atoms with E-state index in [1.54, 1.807) is 24.3 Å². The van der Waals surface area contributed by atoms with Crippen molar-refractivity contribution >= 4 is 29.3 Å². The Hall–Kier alpha value is -4.51. The SMILES string of the molecule is N#C/C(=C\c1ccc(OCC(=O)Nc2ccc(F)cc2)cc1)C(=O)Nc1ccc(F)cc1. The van der Waals surface area contributed by atoms with E-state index in [1.807, 2.05) is 6.07 Å². The molecule has 0 aliphatic carbocycles. The number of nitrogens with zero attached hydrogens (tertiary/aromatic N) is 1. The number of amides is 2. The van der Waals surface area contributed by atoms with Gasteiger partial charge >= 0.3 is 0 Å². The zero-order chi connectivity index (χ0) is 22.9. The smallest absolute Gasteiger partial charge is 0.266 e. The second-order valence-corrected chi connectivity index (χ2v) is 6.54. The predicted molar refractivity (Wildman–Crippen MR) is 116 cm³/mol. The minimum atomic E-state index is -0.628. The van der Waals surface area contributed by atoms with Gasteiger partial charge in [-0.2, -0.15) is 5.26 Å². The number of carbonyl (C=O) groups excluding carboxylic acids is 2. The van der Waals surface area contributed by atoms with Crippen molar-refractivity contribution in [2.45, 2.75) is 0 Å². The molecule has 0 aromatic heterocycles. The Morgan fingerprint density at radius 1 is 0.844 bits per heavy atom. The molecular weight excluding hydrogens is 416 g/mol. The van der Waals surface area contributed by atoms with Gasteiger partial charge in [-0.15, -0.1) is 0 Å². The molecule has 0 unspecified atom stereocenters. The molecule has 160 valence electrons. The van der Waals surface area contributed by atoms with Crippen molar-refractivity contribution in [3.63, 3.8) is 0 Å². The molecule has 2 amide bonds. The van der Waals surface area contributed by atoms with Crippen LogP contribution in [0.3, 0.4) is 0 Å². The van der Waals surface area contributed by atoms with Gasteiger partial charge < -0.3 is 15.4 Å². The van der Waals surface area contributed by atoms with E-state index < -0.39 is 23.4 Å². The third kappa shape index (κ3) is 6.50. The van der Waals surface area contributed by atoms with E-state index in [9.17, 15) is 23.6 Å². The third-order valence-electron chi connectivity index (χ3n) is 4.16. The summed E-state index contributed by atoms with van der Waals surface area (Å²) in [5.74, 6) is -1.47. The average Bonchev–Trinajstić information content (AvgIpc) is 2.80. The summed E-state index contributed by atoms with van der Waals surface area (Å²) < 4.78 is 31.3. The largest absolute Gasteiger partial charge is 0.484 e. The van der Waals surface area contributed by atoms with Crippen LogP contribution in [0, 0.1) is 23.0 Å². The molecule has 0 aliphatic heterocycles. The number of anilines is 2. The van der Waals surface area contributed by atoms with Crippen LogP contribution in [0.2, 0.25) is 0 Å². The van der Waals surface area contributed by atoms with Crippen LogP contribution in [0.15, 0.2) is 78.4 Å². The molecule has 3 aromatic rings. The fraction of sp³-hybridized carbons (Fsp3) is 0.0417. The lowest BCUT2D eigenvalue weighted by atomic mass is 10.1. The number of carbonyl (C=O) groups is 2. The van der Waals surface area contributed by atoms with Crippen molar-refractivity contribution in [1.29, 1.82) is 5.26 Å². The van der Waals surface area contributed by atoms with Crippen molar-refractivity contribution in [2.24, 2.45) is 0 Å². The molecule has 0 heterocycles. The molecule has 3 rings (SSSR count). The minimum Gasteiger partial charge on any atom is -0.484 e. The molecular formula is C24H17F2N3O3. The van der Waals surface area contributed by atoms with Crippen molar-refractivity contribution < 1.29 is 23.1 Å². The number of nitriles is 1. The molecule has 0 saturated heterocycles. The lowest BCUT2D eigenvalue weighted by Crippen LogP contribution is -2.20. The van der Waals surface area contributed by atoms with E-state index in [2.05, 4.69) is 10.6 Å². The fourth-order valence-electron chi connectivity index (χ4n) is 2.59. The molecule has 0 radical (unpaired) electrons. The highest BCUT2D eigenvalue weighted by molar-refractivity contribution is 6.09. The summed E-state index contributed by atoms with van der Waals surface area (Å²) in [7, 11) is 0. The average molecular weight is 433 g/mol. The molecule has 0 saturated carbocycles. The third-order valence-corrected chi connectivity index (χ3v) is 4.16. The lowest BCUT2D eigenvalue weighted by molar-refractivity contribution is -0.118. The van der Waals surface area contributed by atoms with Crippen molar-refractivity contribution in [3.8, 4) is 11.8 Å². The Morgan fingerprint density at radius 3 is 1.91 bits per heavy atom. The zero-order valence-electron chi connectivity index (χ0n) is 16.6. The maximum Gasteiger partial charge on any atom is 0.266 e. The van der Waals surface area contributed by atoms with Crippen LogP contribution in [0.5, 0.6) is 5.75 Å². The highest BCUT2D eigenvalue weighted by Gasteiger charge is 2.10. The monoisotopic (exact) mass is 433 g/mol. The quantitative estimate of drug-likeness (QED) is 0.423. The molecule has 32 heavy (non-hydrogen) atoms. The Morgan fingerprint density at radius 2 is 1.38 bits per heavy atom. The van der Waals surface area contributed by atoms with Crippen LogP contribution in [-0.2, 0) is 9.59 Å². The maximum absolute atomic E-state index is 13.0. The van der Waals surface area contributed by atoms with E-state index in [-0.39, 0.29) is 12.2 Å². The van der Waals surface area contributed by atoms with Crippen molar-refractivity contribution in [1.82, 2.24) is 0 Å². The van der Waals surface area contributed by atoms with Gasteiger partial charge in [-0.25, -0.2) is 8.78 Å². The summed E-state index contributed by atoms with van der Waals surface area (Å²) >= 11 is 0. The van der Waals surface area contributed by atoms with Crippen molar-refractivity contribution in [2.75, 3.05) is 17.2 Å². The Bertz CT molecular complexity index is 1170. The number of hydrogen-bond acceptors (Lipinski definition) is 4. The number of benzene rings is 3. The van der Waals surface area contributed by atoms with Crippen molar-refractivity contribution in [3.05, 3.63) is 95.6 Å². The molecule has 0 fully saturated rings. The molecule has 8 heteroatoms. The Kier molecular flexibility index (Phi) is 7.28. The van der Waals surface area contributed by atoms with Crippen LogP contribution < -0.4 is 15.4 Å². The number of rotatable bonds is 7. The molecule has 2 N–H and O–H groups in total. The van der Waals surface area contributed by atoms with E-state index in [0.29, 0.717) is 22.7 Å². The van der Waals surface area contributed by atoms with Gasteiger partial charge in [0.15, 0.2) is 6.61 Å². The van der Waals surface area contributed by atoms with Crippen LogP contribution in [0.25, 0.3) is 6.08 Å². The van der Waals surface area contributed by atoms with E-state index in [4.69, 9.17) is 4.74 Å². The fourth-order valence-corrected chi connectivity index (χ4v) is 2.59. The van der Waals surface area contributed by atoms with Crippen LogP contribution in [0.4, 0.5) is 20.2 Å². The van der Waals surface area contributed by atoms with Gasteiger partial charge in [0.25, 0.3) is 11.8 Å². The molecule has 0 bridgehead atoms. The van der Waals surface area contributed by atoms with Gasteiger partial charge in [0.1, 0.15) is 29.0 Å². The second kappa shape index (κ2) is 10.5. The molecule has 0 spiro atoms.